The number of rotatable bonds is 9. The lowest BCUT2D eigenvalue weighted by atomic mass is 10.1. The number of carbonyl (C=O) groups excluding carboxylic acids is 3. The van der Waals surface area contributed by atoms with Crippen LogP contribution in [0.4, 0.5) is 5.69 Å². The maximum atomic E-state index is 12.5. The summed E-state index contributed by atoms with van der Waals surface area (Å²) in [6.45, 7) is 2.59. The number of likely N-dealkylation sites (N-methyl/N-ethyl adjacent to an activating group) is 1. The SMILES string of the molecule is COC(=O)c1ccc(CNC(=O)CN(C)[C@H](C)c2cccc(NC(=O)c3ccccc3)c2)cc1. The van der Waals surface area contributed by atoms with Crippen molar-refractivity contribution in [1.82, 2.24) is 10.2 Å². The number of amides is 2. The molecule has 3 aromatic carbocycles. The number of methoxy groups -OCH3 is 1. The number of benzene rings is 3. The number of nitrogens with one attached hydrogen (secondary N) is 2. The smallest absolute Gasteiger partial charge is 0.337 e. The maximum Gasteiger partial charge on any atom is 0.337 e. The predicted octanol–water partition coefficient (Wildman–Crippen LogP) is 4.03. The Labute approximate surface area is 199 Å². The van der Waals surface area contributed by atoms with Gasteiger partial charge >= 0.3 is 5.97 Å². The molecule has 2 N–H and O–H groups in total. The van der Waals surface area contributed by atoms with Crippen molar-refractivity contribution in [2.75, 3.05) is 26.0 Å². The number of esters is 1. The molecule has 3 aromatic rings. The molecule has 0 saturated carbocycles. The summed E-state index contributed by atoms with van der Waals surface area (Å²) in [5.74, 6) is -0.674. The minimum atomic E-state index is -0.394. The molecule has 0 aliphatic heterocycles. The number of nitrogens with zero attached hydrogens (tertiary/aromatic N) is 1. The van der Waals surface area contributed by atoms with E-state index in [9.17, 15) is 14.4 Å². The van der Waals surface area contributed by atoms with Gasteiger partial charge in [0.2, 0.25) is 5.91 Å². The summed E-state index contributed by atoms with van der Waals surface area (Å²) in [5, 5.41) is 5.82. The molecule has 0 fully saturated rings. The lowest BCUT2D eigenvalue weighted by Crippen LogP contribution is -2.36. The molecule has 7 heteroatoms. The highest BCUT2D eigenvalue weighted by Gasteiger charge is 2.16. The van der Waals surface area contributed by atoms with E-state index in [1.807, 2.05) is 61.3 Å². The van der Waals surface area contributed by atoms with E-state index in [2.05, 4.69) is 15.4 Å². The van der Waals surface area contributed by atoms with Gasteiger partial charge in [-0.2, -0.15) is 0 Å². The predicted molar refractivity (Wildman–Crippen MR) is 132 cm³/mol. The van der Waals surface area contributed by atoms with Crippen molar-refractivity contribution >= 4 is 23.5 Å². The van der Waals surface area contributed by atoms with Crippen molar-refractivity contribution in [2.45, 2.75) is 19.5 Å². The van der Waals surface area contributed by atoms with Gasteiger partial charge in [0.15, 0.2) is 0 Å². The number of ether oxygens (including phenoxy) is 1. The third-order valence-corrected chi connectivity index (χ3v) is 5.58. The highest BCUT2D eigenvalue weighted by molar-refractivity contribution is 6.04. The summed E-state index contributed by atoms with van der Waals surface area (Å²) in [7, 11) is 3.22. The molecule has 1 atom stereocenters. The molecule has 0 aromatic heterocycles. The normalized spacial score (nSPS) is 11.5. The molecule has 0 aliphatic rings. The van der Waals surface area contributed by atoms with Gasteiger partial charge in [-0.05, 0) is 61.5 Å². The summed E-state index contributed by atoms with van der Waals surface area (Å²) in [6, 6.07) is 23.5. The van der Waals surface area contributed by atoms with E-state index in [1.54, 1.807) is 36.4 Å². The number of anilines is 1. The zero-order chi connectivity index (χ0) is 24.5. The van der Waals surface area contributed by atoms with Gasteiger partial charge in [0.25, 0.3) is 5.91 Å². The molecular formula is C27H29N3O4. The van der Waals surface area contributed by atoms with Crippen LogP contribution in [0.2, 0.25) is 0 Å². The average Bonchev–Trinajstić information content (AvgIpc) is 2.87. The van der Waals surface area contributed by atoms with E-state index in [0.717, 1.165) is 11.1 Å². The fourth-order valence-electron chi connectivity index (χ4n) is 3.42. The Bertz CT molecular complexity index is 1130. The minimum absolute atomic E-state index is 0.0429. The van der Waals surface area contributed by atoms with Gasteiger partial charge in [-0.25, -0.2) is 4.79 Å². The zero-order valence-electron chi connectivity index (χ0n) is 19.6. The molecule has 2 amide bonds. The largest absolute Gasteiger partial charge is 0.465 e. The van der Waals surface area contributed by atoms with Gasteiger partial charge in [0.05, 0.1) is 19.2 Å². The van der Waals surface area contributed by atoms with Crippen LogP contribution in [0.1, 0.15) is 44.8 Å². The molecule has 0 unspecified atom stereocenters. The molecule has 0 aliphatic carbocycles. The van der Waals surface area contributed by atoms with Crippen LogP contribution in [0.5, 0.6) is 0 Å². The Hall–Kier alpha value is -3.97. The summed E-state index contributed by atoms with van der Waals surface area (Å²) in [5.41, 5.74) is 3.63. The highest BCUT2D eigenvalue weighted by atomic mass is 16.5. The van der Waals surface area contributed by atoms with Crippen molar-refractivity contribution in [3.63, 3.8) is 0 Å². The monoisotopic (exact) mass is 459 g/mol. The van der Waals surface area contributed by atoms with Crippen LogP contribution in [0.25, 0.3) is 0 Å². The lowest BCUT2D eigenvalue weighted by molar-refractivity contribution is -0.122. The third-order valence-electron chi connectivity index (χ3n) is 5.58. The van der Waals surface area contributed by atoms with Crippen LogP contribution in [-0.2, 0) is 16.1 Å². The first-order valence-corrected chi connectivity index (χ1v) is 11.0. The van der Waals surface area contributed by atoms with Crippen LogP contribution in [0.15, 0.2) is 78.9 Å². The maximum absolute atomic E-state index is 12.5. The van der Waals surface area contributed by atoms with E-state index in [-0.39, 0.29) is 24.4 Å². The van der Waals surface area contributed by atoms with Crippen molar-refractivity contribution < 1.29 is 19.1 Å². The first-order valence-electron chi connectivity index (χ1n) is 11.0. The second kappa shape index (κ2) is 11.8. The van der Waals surface area contributed by atoms with Gasteiger partial charge in [0, 0.05) is 23.8 Å². The third kappa shape index (κ3) is 6.76. The van der Waals surface area contributed by atoms with Crippen molar-refractivity contribution in [2.24, 2.45) is 0 Å². The van der Waals surface area contributed by atoms with E-state index in [0.29, 0.717) is 23.4 Å². The number of hydrogen-bond donors (Lipinski definition) is 2. The molecule has 3 rings (SSSR count). The quantitative estimate of drug-likeness (QED) is 0.472. The summed E-state index contributed by atoms with van der Waals surface area (Å²) < 4.78 is 4.69. The van der Waals surface area contributed by atoms with E-state index >= 15 is 0 Å². The van der Waals surface area contributed by atoms with Gasteiger partial charge in [-0.3, -0.25) is 14.5 Å². The Kier molecular flexibility index (Phi) is 8.54. The standard InChI is InChI=1S/C27H29N3O4/c1-19(23-10-7-11-24(16-23)29-26(32)21-8-5-4-6-9-21)30(2)18-25(31)28-17-20-12-14-22(15-13-20)27(33)34-3/h4-16,19H,17-18H2,1-3H3,(H,28,31)(H,29,32)/t19-/m1/s1. The van der Waals surface area contributed by atoms with Crippen LogP contribution in [0, 0.1) is 0 Å². The second-order valence-corrected chi connectivity index (χ2v) is 8.00. The van der Waals surface area contributed by atoms with E-state index in [1.165, 1.54) is 7.11 Å². The molecule has 34 heavy (non-hydrogen) atoms. The van der Waals surface area contributed by atoms with Gasteiger partial charge in [-0.1, -0.05) is 42.5 Å². The summed E-state index contributed by atoms with van der Waals surface area (Å²) >= 11 is 0. The fraction of sp³-hybridized carbons (Fsp3) is 0.222. The molecule has 0 saturated heterocycles. The van der Waals surface area contributed by atoms with Crippen molar-refractivity contribution in [3.8, 4) is 0 Å². The Balaban J connectivity index is 1.53. The fourth-order valence-corrected chi connectivity index (χ4v) is 3.42. The first kappa shape index (κ1) is 24.7. The molecule has 0 bridgehead atoms. The van der Waals surface area contributed by atoms with Gasteiger partial charge in [0.1, 0.15) is 0 Å². The van der Waals surface area contributed by atoms with Crippen molar-refractivity contribution in [1.29, 1.82) is 0 Å². The topological polar surface area (TPSA) is 87.7 Å². The molecular weight excluding hydrogens is 430 g/mol. The molecule has 0 radical (unpaired) electrons. The average molecular weight is 460 g/mol. The molecule has 176 valence electrons. The van der Waals surface area contributed by atoms with Gasteiger partial charge in [-0.15, -0.1) is 0 Å². The molecule has 0 spiro atoms. The Morgan fingerprint density at radius 2 is 1.62 bits per heavy atom. The van der Waals surface area contributed by atoms with Crippen molar-refractivity contribution in [3.05, 3.63) is 101 Å². The van der Waals surface area contributed by atoms with Crippen LogP contribution in [0.3, 0.4) is 0 Å². The van der Waals surface area contributed by atoms with E-state index < -0.39 is 5.97 Å². The summed E-state index contributed by atoms with van der Waals surface area (Å²) in [4.78, 5) is 38.4. The Morgan fingerprint density at radius 3 is 2.29 bits per heavy atom. The summed E-state index contributed by atoms with van der Waals surface area (Å²) in [6.07, 6.45) is 0. The zero-order valence-corrected chi connectivity index (χ0v) is 19.6. The van der Waals surface area contributed by atoms with Crippen LogP contribution in [-0.4, -0.2) is 43.4 Å². The highest BCUT2D eigenvalue weighted by Crippen LogP contribution is 2.22. The molecule has 7 nitrogen and oxygen atoms in total. The van der Waals surface area contributed by atoms with Crippen LogP contribution < -0.4 is 10.6 Å². The minimum Gasteiger partial charge on any atom is -0.465 e. The Morgan fingerprint density at radius 1 is 0.912 bits per heavy atom. The lowest BCUT2D eigenvalue weighted by Gasteiger charge is -2.25. The van der Waals surface area contributed by atoms with Crippen LogP contribution >= 0.6 is 0 Å². The number of carbonyl (C=O) groups is 3. The first-order chi connectivity index (χ1) is 16.4. The van der Waals surface area contributed by atoms with Gasteiger partial charge < -0.3 is 15.4 Å². The molecule has 0 heterocycles. The number of hydrogen-bond acceptors (Lipinski definition) is 5. The van der Waals surface area contributed by atoms with E-state index in [4.69, 9.17) is 0 Å². The second-order valence-electron chi connectivity index (χ2n) is 8.00.